The first-order chi connectivity index (χ1) is 47.6. The largest absolute Gasteiger partial charge is 0.545 e. The number of carboxylic acids is 1. The quantitative estimate of drug-likeness (QED) is 0.0195. The summed E-state index contributed by atoms with van der Waals surface area (Å²) in [5.41, 5.74) is 0. The first-order valence-corrected chi connectivity index (χ1v) is 40.3. The van der Waals surface area contributed by atoms with Gasteiger partial charge in [-0.25, -0.2) is 0 Å². The van der Waals surface area contributed by atoms with E-state index in [4.69, 9.17) is 18.9 Å². The number of unbranched alkanes of at least 4 members (excludes halogenated alkanes) is 37. The molecule has 0 aliphatic heterocycles. The van der Waals surface area contributed by atoms with Crippen LogP contribution < -0.4 is 5.11 Å². The van der Waals surface area contributed by atoms with Crippen LogP contribution in [0.15, 0.2) is 134 Å². The topological polar surface area (TPSA) is 111 Å². The highest BCUT2D eigenvalue weighted by molar-refractivity contribution is 5.70. The molecular weight excluding hydrogens is 1200 g/mol. The van der Waals surface area contributed by atoms with Crippen LogP contribution in [-0.2, 0) is 33.3 Å². The third-order valence-electron chi connectivity index (χ3n) is 17.4. The number of hydrogen-bond donors (Lipinski definition) is 0. The molecule has 9 heteroatoms. The molecule has 0 aromatic carbocycles. The molecule has 0 heterocycles. The Morgan fingerprint density at radius 2 is 0.588 bits per heavy atom. The second-order valence-corrected chi connectivity index (χ2v) is 28.0. The van der Waals surface area contributed by atoms with E-state index in [1.165, 1.54) is 205 Å². The molecule has 0 fully saturated rings. The smallest absolute Gasteiger partial charge is 0.306 e. The van der Waals surface area contributed by atoms with E-state index in [9.17, 15) is 19.5 Å². The monoisotopic (exact) mass is 1350 g/mol. The van der Waals surface area contributed by atoms with Crippen molar-refractivity contribution in [2.75, 3.05) is 47.5 Å². The Kier molecular flexibility index (Phi) is 73.5. The molecule has 9 nitrogen and oxygen atoms in total. The van der Waals surface area contributed by atoms with Crippen LogP contribution >= 0.6 is 0 Å². The summed E-state index contributed by atoms with van der Waals surface area (Å²) in [5, 5.41) is 11.9. The fourth-order valence-corrected chi connectivity index (χ4v) is 11.3. The zero-order valence-electron chi connectivity index (χ0n) is 63.7. The molecular formula is C88H151NO8. The SMILES string of the molecule is CC/C=C\C/C=C\C/C=C\C/C=C\C/C=C\C/C=C\C/C=C\C/C=C\C/C=C\C/C=C\CCCCCCCCCCCCC(=O)OC(COC(=O)CCCCCCCCCCCCCCCCCCCCC/C=C\CCCCCCCCCC)COC(OCC[N+](C)(C)C)C(=O)[O-]. The Morgan fingerprint density at radius 3 is 0.887 bits per heavy atom. The molecule has 0 radical (unpaired) electrons. The van der Waals surface area contributed by atoms with Crippen molar-refractivity contribution in [1.82, 2.24) is 0 Å². The van der Waals surface area contributed by atoms with Crippen LogP contribution in [0.25, 0.3) is 0 Å². The van der Waals surface area contributed by atoms with Crippen molar-refractivity contribution in [3.63, 3.8) is 0 Å². The highest BCUT2D eigenvalue weighted by atomic mass is 16.7. The van der Waals surface area contributed by atoms with Crippen molar-refractivity contribution in [3.05, 3.63) is 134 Å². The van der Waals surface area contributed by atoms with Crippen LogP contribution in [0.3, 0.4) is 0 Å². The summed E-state index contributed by atoms with van der Waals surface area (Å²) in [6, 6.07) is 0. The van der Waals surface area contributed by atoms with E-state index in [0.29, 0.717) is 17.4 Å². The van der Waals surface area contributed by atoms with E-state index < -0.39 is 24.3 Å². The Morgan fingerprint density at radius 1 is 0.320 bits per heavy atom. The van der Waals surface area contributed by atoms with Gasteiger partial charge in [0.05, 0.1) is 40.3 Å². The van der Waals surface area contributed by atoms with E-state index in [1.807, 2.05) is 21.1 Å². The standard InChI is InChI=1S/C88H151NO8/c1-6-8-10-12-14-16-18-20-22-24-26-28-30-32-34-36-38-39-40-41-42-43-44-45-46-47-49-51-53-55-57-59-61-63-65-67-69-71-73-75-77-79-86(91)97-84(83-96-88(87(92)93)94-81-80-89(3,4)5)82-95-85(90)78-76-74-72-70-68-66-64-62-60-58-56-54-52-50-48-37-35-33-31-29-27-25-23-21-19-17-15-13-11-9-7-2/h8,10,14,16,20,22,25-28,32,34,38-39,41-42,44-45,47,49,53,55,84,88H,6-7,9,11-13,15,17-19,21,23-24,29-31,33,35-37,40,43,46,48,50-52,54,56-83H2,1-5H3/b10-8-,16-14-,22-20-,27-25-,28-26-,34-32-,39-38-,42-41-,45-44-,49-47-,55-53-. The zero-order chi connectivity index (χ0) is 70.4. The molecule has 556 valence electrons. The van der Waals surface area contributed by atoms with Gasteiger partial charge in [-0.15, -0.1) is 0 Å². The molecule has 0 N–H and O–H groups in total. The summed E-state index contributed by atoms with van der Waals surface area (Å²) in [6.07, 6.45) is 109. The molecule has 0 amide bonds. The number of ether oxygens (including phenoxy) is 4. The first-order valence-electron chi connectivity index (χ1n) is 40.3. The minimum absolute atomic E-state index is 0.143. The number of aliphatic carboxylic acids is 1. The maximum absolute atomic E-state index is 13.0. The fraction of sp³-hybridized carbons (Fsp3) is 0.716. The number of carbonyl (C=O) groups excluding carboxylic acids is 3. The van der Waals surface area contributed by atoms with Gasteiger partial charge in [0, 0.05) is 12.8 Å². The number of quaternary nitrogens is 1. The van der Waals surface area contributed by atoms with Gasteiger partial charge in [-0.2, -0.15) is 0 Å². The van der Waals surface area contributed by atoms with Gasteiger partial charge in [0.25, 0.3) is 0 Å². The normalized spacial score (nSPS) is 13.4. The lowest BCUT2D eigenvalue weighted by atomic mass is 10.0. The Bertz CT molecular complexity index is 2060. The summed E-state index contributed by atoms with van der Waals surface area (Å²) >= 11 is 0. The van der Waals surface area contributed by atoms with Gasteiger partial charge in [-0.05, 0) is 116 Å². The van der Waals surface area contributed by atoms with Gasteiger partial charge in [0.1, 0.15) is 13.2 Å². The minimum atomic E-state index is -1.63. The van der Waals surface area contributed by atoms with Crippen LogP contribution in [0, 0.1) is 0 Å². The average Bonchev–Trinajstić information content (AvgIpc) is 3.27. The number of carboxylic acid groups (broad SMARTS) is 1. The maximum Gasteiger partial charge on any atom is 0.306 e. The lowest BCUT2D eigenvalue weighted by molar-refractivity contribution is -0.870. The van der Waals surface area contributed by atoms with E-state index in [0.717, 1.165) is 109 Å². The number of allylic oxidation sites excluding steroid dienone is 22. The Labute approximate surface area is 599 Å². The number of rotatable bonds is 74. The van der Waals surface area contributed by atoms with Gasteiger partial charge in [0.2, 0.25) is 0 Å². The third kappa shape index (κ3) is 78.6. The lowest BCUT2D eigenvalue weighted by Gasteiger charge is -2.26. The van der Waals surface area contributed by atoms with Gasteiger partial charge in [-0.3, -0.25) is 9.59 Å². The van der Waals surface area contributed by atoms with Crippen LogP contribution in [0.1, 0.15) is 348 Å². The molecule has 2 atom stereocenters. The van der Waals surface area contributed by atoms with Crippen LogP contribution in [0.5, 0.6) is 0 Å². The molecule has 0 aliphatic carbocycles. The molecule has 0 aromatic rings. The Balaban J connectivity index is 4.08. The van der Waals surface area contributed by atoms with Gasteiger partial charge in [-0.1, -0.05) is 353 Å². The van der Waals surface area contributed by atoms with Crippen LogP contribution in [0.2, 0.25) is 0 Å². The van der Waals surface area contributed by atoms with Crippen LogP contribution in [-0.4, -0.2) is 82.3 Å². The van der Waals surface area contributed by atoms with Crippen LogP contribution in [0.4, 0.5) is 0 Å². The third-order valence-corrected chi connectivity index (χ3v) is 17.4. The fourth-order valence-electron chi connectivity index (χ4n) is 11.3. The molecule has 97 heavy (non-hydrogen) atoms. The van der Waals surface area contributed by atoms with Crippen molar-refractivity contribution in [1.29, 1.82) is 0 Å². The second-order valence-electron chi connectivity index (χ2n) is 28.0. The van der Waals surface area contributed by atoms with Crippen molar-refractivity contribution >= 4 is 17.9 Å². The zero-order valence-corrected chi connectivity index (χ0v) is 63.7. The van der Waals surface area contributed by atoms with Crippen molar-refractivity contribution < 1.29 is 42.9 Å². The number of likely N-dealkylation sites (N-methyl/N-ethyl adjacent to an activating group) is 1. The summed E-state index contributed by atoms with van der Waals surface area (Å²) in [5.74, 6) is -2.28. The molecule has 0 rings (SSSR count). The summed E-state index contributed by atoms with van der Waals surface area (Å²) < 4.78 is 22.9. The predicted octanol–water partition coefficient (Wildman–Crippen LogP) is 24.7. The van der Waals surface area contributed by atoms with Gasteiger partial charge in [0.15, 0.2) is 12.4 Å². The molecule has 0 spiro atoms. The highest BCUT2D eigenvalue weighted by Gasteiger charge is 2.22. The average molecular weight is 1350 g/mol. The second kappa shape index (κ2) is 77.2. The first kappa shape index (κ1) is 92.4. The summed E-state index contributed by atoms with van der Waals surface area (Å²) in [4.78, 5) is 37.6. The number of nitrogens with zero attached hydrogens (tertiary/aromatic N) is 1. The van der Waals surface area contributed by atoms with Crippen molar-refractivity contribution in [2.24, 2.45) is 0 Å². The van der Waals surface area contributed by atoms with Gasteiger partial charge < -0.3 is 33.3 Å². The molecule has 0 saturated heterocycles. The molecule has 2 unspecified atom stereocenters. The number of hydrogen-bond acceptors (Lipinski definition) is 8. The van der Waals surface area contributed by atoms with E-state index in [2.05, 4.69) is 148 Å². The predicted molar refractivity (Wildman–Crippen MR) is 416 cm³/mol. The van der Waals surface area contributed by atoms with E-state index in [-0.39, 0.29) is 38.6 Å². The van der Waals surface area contributed by atoms with Gasteiger partial charge >= 0.3 is 11.9 Å². The van der Waals surface area contributed by atoms with Crippen molar-refractivity contribution in [3.8, 4) is 0 Å². The van der Waals surface area contributed by atoms with E-state index >= 15 is 0 Å². The molecule has 0 aromatic heterocycles. The Hall–Kier alpha value is -4.57. The van der Waals surface area contributed by atoms with Crippen molar-refractivity contribution in [2.45, 2.75) is 360 Å². The molecule has 0 aliphatic rings. The molecule has 0 bridgehead atoms. The number of esters is 2. The summed E-state index contributed by atoms with van der Waals surface area (Å²) in [7, 11) is 5.94. The molecule has 0 saturated carbocycles. The maximum atomic E-state index is 13.0. The highest BCUT2D eigenvalue weighted by Crippen LogP contribution is 2.18. The van der Waals surface area contributed by atoms with E-state index in [1.54, 1.807) is 0 Å². The summed E-state index contributed by atoms with van der Waals surface area (Å²) in [6.45, 7) is 4.66. The number of carbonyl (C=O) groups is 3. The minimum Gasteiger partial charge on any atom is -0.545 e. The lowest BCUT2D eigenvalue weighted by Crippen LogP contribution is -2.44.